The van der Waals surface area contributed by atoms with Crippen LogP contribution in [0.4, 0.5) is 18.9 Å². The van der Waals surface area contributed by atoms with Gasteiger partial charge >= 0.3 is 6.18 Å². The van der Waals surface area contributed by atoms with Gasteiger partial charge in [0.05, 0.1) is 23.2 Å². The van der Waals surface area contributed by atoms with Crippen LogP contribution in [0.2, 0.25) is 0 Å². The van der Waals surface area contributed by atoms with Gasteiger partial charge < -0.3 is 10.2 Å². The normalized spacial score (nSPS) is 15.6. The Morgan fingerprint density at radius 1 is 1.00 bits per heavy atom. The van der Waals surface area contributed by atoms with Crippen LogP contribution in [0.1, 0.15) is 43.7 Å². The fourth-order valence-electron chi connectivity index (χ4n) is 4.19. The topological polar surface area (TPSA) is 49.4 Å². The Kier molecular flexibility index (Phi) is 6.48. The highest BCUT2D eigenvalue weighted by Crippen LogP contribution is 2.42. The van der Waals surface area contributed by atoms with E-state index in [-0.39, 0.29) is 18.1 Å². The van der Waals surface area contributed by atoms with E-state index < -0.39 is 23.1 Å². The minimum Gasteiger partial charge on any atom is -0.333 e. The number of amides is 2. The predicted octanol–water partition coefficient (Wildman–Crippen LogP) is 5.00. The number of hydrogen-bond donors (Lipinski definition) is 1. The van der Waals surface area contributed by atoms with E-state index in [2.05, 4.69) is 5.32 Å². The van der Waals surface area contributed by atoms with Crippen LogP contribution in [-0.4, -0.2) is 29.8 Å². The van der Waals surface area contributed by atoms with Gasteiger partial charge in [0.1, 0.15) is 0 Å². The Balaban J connectivity index is 1.78. The van der Waals surface area contributed by atoms with Gasteiger partial charge in [-0.3, -0.25) is 9.59 Å². The number of benzene rings is 2. The second-order valence-corrected chi connectivity index (χ2v) is 7.57. The summed E-state index contributed by atoms with van der Waals surface area (Å²) in [6, 6.07) is 14.3. The lowest BCUT2D eigenvalue weighted by molar-refractivity contribution is -0.140. The number of carbonyl (C=O) groups is 2. The first-order valence-electron chi connectivity index (χ1n) is 10.1. The summed E-state index contributed by atoms with van der Waals surface area (Å²) in [5.74, 6) is -0.795. The molecule has 7 heteroatoms. The number of likely N-dealkylation sites (N-methyl/N-ethyl adjacent to an activating group) is 1. The molecule has 30 heavy (non-hydrogen) atoms. The van der Waals surface area contributed by atoms with E-state index >= 15 is 0 Å². The minimum absolute atomic E-state index is 0.145. The van der Waals surface area contributed by atoms with Crippen LogP contribution in [0.25, 0.3) is 0 Å². The second-order valence-electron chi connectivity index (χ2n) is 7.57. The van der Waals surface area contributed by atoms with E-state index in [9.17, 15) is 22.8 Å². The molecule has 0 unspecified atom stereocenters. The molecule has 1 aliphatic rings. The highest BCUT2D eigenvalue weighted by molar-refractivity contribution is 5.97. The van der Waals surface area contributed by atoms with Crippen molar-refractivity contribution >= 4 is 17.5 Å². The van der Waals surface area contributed by atoms with Gasteiger partial charge in [0, 0.05) is 6.54 Å². The molecule has 2 aromatic carbocycles. The van der Waals surface area contributed by atoms with E-state index in [0.29, 0.717) is 19.4 Å². The van der Waals surface area contributed by atoms with Gasteiger partial charge in [0.2, 0.25) is 11.8 Å². The smallest absolute Gasteiger partial charge is 0.333 e. The molecule has 0 heterocycles. The zero-order valence-electron chi connectivity index (χ0n) is 16.8. The molecule has 3 rings (SSSR count). The van der Waals surface area contributed by atoms with E-state index in [1.165, 1.54) is 23.1 Å². The fourth-order valence-corrected chi connectivity index (χ4v) is 4.19. The van der Waals surface area contributed by atoms with Gasteiger partial charge in [0.15, 0.2) is 0 Å². The molecule has 0 aromatic heterocycles. The number of rotatable bonds is 6. The van der Waals surface area contributed by atoms with Gasteiger partial charge in [-0.1, -0.05) is 55.3 Å². The largest absolute Gasteiger partial charge is 0.418 e. The molecule has 2 aromatic rings. The van der Waals surface area contributed by atoms with Crippen LogP contribution in [0, 0.1) is 0 Å². The fraction of sp³-hybridized carbons (Fsp3) is 0.391. The first-order valence-corrected chi connectivity index (χ1v) is 10.1. The number of carbonyl (C=O) groups excluding carboxylic acids is 2. The van der Waals surface area contributed by atoms with Crippen LogP contribution in [0.5, 0.6) is 0 Å². The van der Waals surface area contributed by atoms with Crippen molar-refractivity contribution < 1.29 is 22.8 Å². The number of para-hydroxylation sites is 1. The highest BCUT2D eigenvalue weighted by atomic mass is 19.4. The summed E-state index contributed by atoms with van der Waals surface area (Å²) in [5.41, 5.74) is -0.975. The molecule has 0 atom stereocenters. The van der Waals surface area contributed by atoms with Gasteiger partial charge in [0.25, 0.3) is 0 Å². The number of halogens is 3. The molecule has 2 amide bonds. The third-order valence-electron chi connectivity index (χ3n) is 5.70. The maximum Gasteiger partial charge on any atom is 0.418 e. The Bertz CT molecular complexity index is 891. The van der Waals surface area contributed by atoms with Crippen LogP contribution >= 0.6 is 0 Å². The van der Waals surface area contributed by atoms with Crippen molar-refractivity contribution in [2.75, 3.05) is 18.4 Å². The SMILES string of the molecule is CCN(CC(=O)Nc1ccccc1C(F)(F)F)C(=O)C1(c2ccccc2)CCCC1. The Morgan fingerprint density at radius 2 is 1.60 bits per heavy atom. The first-order chi connectivity index (χ1) is 14.3. The Hall–Kier alpha value is -2.83. The summed E-state index contributed by atoms with van der Waals surface area (Å²) < 4.78 is 39.5. The molecule has 0 saturated heterocycles. The predicted molar refractivity (Wildman–Crippen MR) is 109 cm³/mol. The Morgan fingerprint density at radius 3 is 2.20 bits per heavy atom. The quantitative estimate of drug-likeness (QED) is 0.717. The highest BCUT2D eigenvalue weighted by Gasteiger charge is 2.45. The molecule has 1 fully saturated rings. The average molecular weight is 418 g/mol. The van der Waals surface area contributed by atoms with Crippen molar-refractivity contribution in [1.29, 1.82) is 0 Å². The first kappa shape index (κ1) is 21.9. The van der Waals surface area contributed by atoms with Crippen molar-refractivity contribution in [3.05, 3.63) is 65.7 Å². The third-order valence-corrected chi connectivity index (χ3v) is 5.70. The summed E-state index contributed by atoms with van der Waals surface area (Å²) in [7, 11) is 0. The molecule has 160 valence electrons. The van der Waals surface area contributed by atoms with Crippen molar-refractivity contribution in [3.63, 3.8) is 0 Å². The Labute approximate surface area is 174 Å². The number of alkyl halides is 3. The van der Waals surface area contributed by atoms with Gasteiger partial charge in [-0.2, -0.15) is 13.2 Å². The second kappa shape index (κ2) is 8.90. The molecule has 1 saturated carbocycles. The summed E-state index contributed by atoms with van der Waals surface area (Å²) in [4.78, 5) is 27.5. The number of nitrogens with one attached hydrogen (secondary N) is 1. The lowest BCUT2D eigenvalue weighted by Crippen LogP contribution is -2.48. The maximum atomic E-state index is 13.5. The average Bonchev–Trinajstić information content (AvgIpc) is 3.23. The van der Waals surface area contributed by atoms with Crippen molar-refractivity contribution in [2.45, 2.75) is 44.2 Å². The van der Waals surface area contributed by atoms with Crippen molar-refractivity contribution in [1.82, 2.24) is 4.90 Å². The molecule has 4 nitrogen and oxygen atoms in total. The zero-order chi connectivity index (χ0) is 21.8. The van der Waals surface area contributed by atoms with Gasteiger partial charge in [-0.25, -0.2) is 0 Å². The van der Waals surface area contributed by atoms with Crippen LogP contribution in [0.3, 0.4) is 0 Å². The monoisotopic (exact) mass is 418 g/mol. The molecular formula is C23H25F3N2O2. The molecule has 0 bridgehead atoms. The van der Waals surface area contributed by atoms with E-state index in [1.54, 1.807) is 6.92 Å². The van der Waals surface area contributed by atoms with Crippen LogP contribution < -0.4 is 5.32 Å². The zero-order valence-corrected chi connectivity index (χ0v) is 16.8. The summed E-state index contributed by atoms with van der Waals surface area (Å²) in [6.07, 6.45) is -1.34. The van der Waals surface area contributed by atoms with Crippen molar-refractivity contribution in [2.24, 2.45) is 0 Å². The molecule has 1 N–H and O–H groups in total. The lowest BCUT2D eigenvalue weighted by Gasteiger charge is -2.34. The minimum atomic E-state index is -4.58. The summed E-state index contributed by atoms with van der Waals surface area (Å²) >= 11 is 0. The molecule has 0 aliphatic heterocycles. The van der Waals surface area contributed by atoms with Gasteiger partial charge in [-0.05, 0) is 37.5 Å². The number of hydrogen-bond acceptors (Lipinski definition) is 2. The van der Waals surface area contributed by atoms with E-state index in [1.807, 2.05) is 30.3 Å². The standard InChI is InChI=1S/C23H25F3N2O2/c1-2-28(16-20(29)27-19-13-7-6-12-18(19)23(24,25)26)21(30)22(14-8-9-15-22)17-10-4-3-5-11-17/h3-7,10-13H,2,8-9,14-16H2,1H3,(H,27,29). The number of nitrogens with zero attached hydrogens (tertiary/aromatic N) is 1. The lowest BCUT2D eigenvalue weighted by atomic mass is 9.77. The van der Waals surface area contributed by atoms with Crippen LogP contribution in [0.15, 0.2) is 54.6 Å². The maximum absolute atomic E-state index is 13.5. The summed E-state index contributed by atoms with van der Waals surface area (Å²) in [6.45, 7) is 1.76. The van der Waals surface area contributed by atoms with Gasteiger partial charge in [-0.15, -0.1) is 0 Å². The van der Waals surface area contributed by atoms with Crippen molar-refractivity contribution in [3.8, 4) is 0 Å². The molecular weight excluding hydrogens is 393 g/mol. The molecule has 0 radical (unpaired) electrons. The third kappa shape index (κ3) is 4.50. The van der Waals surface area contributed by atoms with Crippen LogP contribution in [-0.2, 0) is 21.2 Å². The number of anilines is 1. The van der Waals surface area contributed by atoms with E-state index in [0.717, 1.165) is 24.5 Å². The molecule has 1 aliphatic carbocycles. The summed E-state index contributed by atoms with van der Waals surface area (Å²) in [5, 5.41) is 2.33. The molecule has 0 spiro atoms. The van der Waals surface area contributed by atoms with E-state index in [4.69, 9.17) is 0 Å².